The van der Waals surface area contributed by atoms with E-state index in [1.165, 1.54) is 5.56 Å². The van der Waals surface area contributed by atoms with Gasteiger partial charge in [0.05, 0.1) is 16.6 Å². The summed E-state index contributed by atoms with van der Waals surface area (Å²) in [5.41, 5.74) is 6.32. The van der Waals surface area contributed by atoms with Gasteiger partial charge in [-0.25, -0.2) is 0 Å². The first kappa shape index (κ1) is 13.0. The summed E-state index contributed by atoms with van der Waals surface area (Å²) in [6.45, 7) is 0.738. The lowest BCUT2D eigenvalue weighted by molar-refractivity contribution is -0.652. The highest BCUT2D eigenvalue weighted by Crippen LogP contribution is 2.37. The molecule has 0 unspecified atom stereocenters. The molecule has 1 aliphatic heterocycles. The Balaban J connectivity index is 1.84. The van der Waals surface area contributed by atoms with Crippen LogP contribution in [-0.2, 0) is 6.54 Å². The van der Waals surface area contributed by atoms with Gasteiger partial charge in [0, 0.05) is 6.20 Å². The molecule has 0 aliphatic carbocycles. The molecular weight excluding hydrogens is 310 g/mol. The van der Waals surface area contributed by atoms with E-state index in [0.29, 0.717) is 0 Å². The fraction of sp³-hybridized carbons (Fsp3) is 0.0476. The molecule has 0 amide bonds. The molecule has 0 spiro atoms. The maximum absolute atomic E-state index is 6.24. The van der Waals surface area contributed by atoms with Crippen molar-refractivity contribution in [1.29, 1.82) is 0 Å². The van der Waals surface area contributed by atoms with E-state index >= 15 is 0 Å². The third-order valence-electron chi connectivity index (χ3n) is 4.94. The third-order valence-corrected chi connectivity index (χ3v) is 4.94. The summed E-state index contributed by atoms with van der Waals surface area (Å²) in [5.74, 6) is 1.13. The van der Waals surface area contributed by atoms with Crippen LogP contribution in [0, 0.1) is 0 Å². The van der Waals surface area contributed by atoms with Crippen molar-refractivity contribution in [2.75, 3.05) is 0 Å². The van der Waals surface area contributed by atoms with E-state index in [4.69, 9.17) is 4.42 Å². The molecule has 0 atom stereocenters. The number of imidazole rings is 1. The highest BCUT2D eigenvalue weighted by Gasteiger charge is 2.38. The van der Waals surface area contributed by atoms with E-state index in [9.17, 15) is 0 Å². The lowest BCUT2D eigenvalue weighted by Crippen LogP contribution is -2.31. The highest BCUT2D eigenvalue weighted by molar-refractivity contribution is 6.02. The maximum Gasteiger partial charge on any atom is 0.340 e. The van der Waals surface area contributed by atoms with Crippen LogP contribution in [-0.4, -0.2) is 9.55 Å². The van der Waals surface area contributed by atoms with Crippen LogP contribution in [0.1, 0.15) is 5.69 Å². The molecule has 4 heteroatoms. The van der Waals surface area contributed by atoms with Crippen molar-refractivity contribution in [1.82, 2.24) is 9.55 Å². The van der Waals surface area contributed by atoms with Gasteiger partial charge in [0.25, 0.3) is 5.82 Å². The molecule has 25 heavy (non-hydrogen) atoms. The minimum atomic E-state index is 0.738. The largest absolute Gasteiger partial charge is 0.419 e. The minimum absolute atomic E-state index is 0.738. The SMILES string of the molecule is c1ccc(-n2c3[n+](c4oc5ccccc5c42)Cc2ncccc2-3)cc1. The number of furan rings is 1. The Morgan fingerprint density at radius 2 is 1.76 bits per heavy atom. The minimum Gasteiger partial charge on any atom is -0.419 e. The number of nitrogens with zero attached hydrogens (tertiary/aromatic N) is 3. The Morgan fingerprint density at radius 3 is 2.68 bits per heavy atom. The monoisotopic (exact) mass is 324 g/mol. The van der Waals surface area contributed by atoms with E-state index in [2.05, 4.69) is 56.6 Å². The number of pyridine rings is 1. The number of benzene rings is 2. The van der Waals surface area contributed by atoms with Gasteiger partial charge in [0.15, 0.2) is 0 Å². The van der Waals surface area contributed by atoms with E-state index in [1.807, 2.05) is 30.5 Å². The average Bonchev–Trinajstić information content (AvgIpc) is 3.30. The van der Waals surface area contributed by atoms with Crippen LogP contribution in [0.25, 0.3) is 39.3 Å². The predicted octanol–water partition coefficient (Wildman–Crippen LogP) is 4.09. The molecule has 4 nitrogen and oxygen atoms in total. The van der Waals surface area contributed by atoms with E-state index in [-0.39, 0.29) is 0 Å². The van der Waals surface area contributed by atoms with E-state index in [0.717, 1.165) is 45.9 Å². The molecule has 5 aromatic rings. The van der Waals surface area contributed by atoms with Crippen molar-refractivity contribution in [3.8, 4) is 17.1 Å². The summed E-state index contributed by atoms with van der Waals surface area (Å²) >= 11 is 0. The lowest BCUT2D eigenvalue weighted by atomic mass is 10.2. The number of hydrogen-bond donors (Lipinski definition) is 0. The Labute approximate surface area is 143 Å². The lowest BCUT2D eigenvalue weighted by Gasteiger charge is -2.01. The second-order valence-electron chi connectivity index (χ2n) is 6.33. The fourth-order valence-electron chi connectivity index (χ4n) is 3.90. The van der Waals surface area contributed by atoms with Gasteiger partial charge in [-0.15, -0.1) is 0 Å². The summed E-state index contributed by atoms with van der Waals surface area (Å²) in [4.78, 5) is 4.57. The number of aromatic nitrogens is 3. The molecule has 1 aliphatic rings. The smallest absolute Gasteiger partial charge is 0.340 e. The second kappa shape index (κ2) is 4.57. The topological polar surface area (TPSA) is 34.8 Å². The van der Waals surface area contributed by atoms with Crippen LogP contribution in [0.15, 0.2) is 77.3 Å². The number of fused-ring (bicyclic) bond motifs is 7. The molecule has 0 fully saturated rings. The van der Waals surface area contributed by atoms with Gasteiger partial charge in [-0.1, -0.05) is 30.3 Å². The van der Waals surface area contributed by atoms with E-state index in [1.54, 1.807) is 0 Å². The van der Waals surface area contributed by atoms with Crippen molar-refractivity contribution in [2.24, 2.45) is 0 Å². The van der Waals surface area contributed by atoms with Gasteiger partial charge in [-0.3, -0.25) is 4.98 Å². The van der Waals surface area contributed by atoms with Gasteiger partial charge >= 0.3 is 5.71 Å². The van der Waals surface area contributed by atoms with Crippen LogP contribution in [0.3, 0.4) is 0 Å². The summed E-state index contributed by atoms with van der Waals surface area (Å²) in [6.07, 6.45) is 1.86. The van der Waals surface area contributed by atoms with Gasteiger partial charge < -0.3 is 4.42 Å². The first-order valence-corrected chi connectivity index (χ1v) is 8.37. The number of hydrogen-bond acceptors (Lipinski definition) is 2. The zero-order valence-electron chi connectivity index (χ0n) is 13.4. The van der Waals surface area contributed by atoms with Gasteiger partial charge in [0.2, 0.25) is 5.52 Å². The number of para-hydroxylation sites is 2. The molecule has 0 saturated carbocycles. The zero-order chi connectivity index (χ0) is 16.4. The molecule has 0 radical (unpaired) electrons. The third kappa shape index (κ3) is 1.61. The molecule has 0 saturated heterocycles. The van der Waals surface area contributed by atoms with E-state index < -0.39 is 0 Å². The normalized spacial score (nSPS) is 12.6. The first-order chi connectivity index (χ1) is 12.4. The van der Waals surface area contributed by atoms with Gasteiger partial charge in [0.1, 0.15) is 17.8 Å². The van der Waals surface area contributed by atoms with Crippen molar-refractivity contribution >= 4 is 22.2 Å². The van der Waals surface area contributed by atoms with Gasteiger partial charge in [-0.2, -0.15) is 9.13 Å². The Morgan fingerprint density at radius 1 is 0.920 bits per heavy atom. The zero-order valence-corrected chi connectivity index (χ0v) is 13.4. The Bertz CT molecular complexity index is 1260. The van der Waals surface area contributed by atoms with Crippen LogP contribution in [0.5, 0.6) is 0 Å². The Hall–Kier alpha value is -3.40. The van der Waals surface area contributed by atoms with Crippen LogP contribution >= 0.6 is 0 Å². The van der Waals surface area contributed by atoms with Crippen molar-refractivity contribution < 1.29 is 8.98 Å². The summed E-state index contributed by atoms with van der Waals surface area (Å²) in [7, 11) is 0. The van der Waals surface area contributed by atoms with Crippen LogP contribution in [0.4, 0.5) is 0 Å². The first-order valence-electron chi connectivity index (χ1n) is 8.37. The van der Waals surface area contributed by atoms with Crippen LogP contribution in [0.2, 0.25) is 0 Å². The van der Waals surface area contributed by atoms with Gasteiger partial charge in [-0.05, 0) is 36.4 Å². The molecule has 6 rings (SSSR count). The van der Waals surface area contributed by atoms with Crippen molar-refractivity contribution in [3.05, 3.63) is 78.6 Å². The standard InChI is InChI=1S/C21H14N3O/c1-2-7-14(8-3-1)24-19-16-9-4-5-11-18(16)25-21(19)23-13-17-15(20(23)24)10-6-12-22-17/h1-12H,13H2/q+1. The molecule has 2 aromatic carbocycles. The summed E-state index contributed by atoms with van der Waals surface area (Å²) < 4.78 is 10.8. The predicted molar refractivity (Wildman–Crippen MR) is 95.6 cm³/mol. The van der Waals surface area contributed by atoms with Crippen molar-refractivity contribution in [2.45, 2.75) is 6.54 Å². The molecule has 118 valence electrons. The quantitative estimate of drug-likeness (QED) is 0.427. The summed E-state index contributed by atoms with van der Waals surface area (Å²) in [6, 6.07) is 22.8. The molecule has 0 N–H and O–H groups in total. The fourth-order valence-corrected chi connectivity index (χ4v) is 3.90. The second-order valence-corrected chi connectivity index (χ2v) is 6.33. The maximum atomic E-state index is 6.24. The summed E-state index contributed by atoms with van der Waals surface area (Å²) in [5, 5.41) is 1.13. The molecule has 3 aromatic heterocycles. The molecular formula is C21H14N3O+. The molecule has 0 bridgehead atoms. The molecule has 4 heterocycles. The highest BCUT2D eigenvalue weighted by atomic mass is 16.3. The average molecular weight is 324 g/mol. The Kier molecular flexibility index (Phi) is 2.37. The van der Waals surface area contributed by atoms with Crippen molar-refractivity contribution in [3.63, 3.8) is 0 Å². The van der Waals surface area contributed by atoms with Crippen LogP contribution < -0.4 is 4.57 Å². The number of rotatable bonds is 1.